The minimum atomic E-state index is 0.668. The fourth-order valence-corrected chi connectivity index (χ4v) is 4.55. The minimum Gasteiger partial charge on any atom is -0.344 e. The largest absolute Gasteiger partial charge is 0.344 e. The summed E-state index contributed by atoms with van der Waals surface area (Å²) in [5.41, 5.74) is 7.01. The van der Waals surface area contributed by atoms with Crippen LogP contribution in [-0.2, 0) is 0 Å². The van der Waals surface area contributed by atoms with Crippen LogP contribution in [0.15, 0.2) is 84.1 Å². The maximum atomic E-state index is 2.39. The molecule has 1 saturated carbocycles. The van der Waals surface area contributed by atoms with Gasteiger partial charge in [-0.3, -0.25) is 0 Å². The van der Waals surface area contributed by atoms with E-state index in [9.17, 15) is 0 Å². The van der Waals surface area contributed by atoms with E-state index in [0.29, 0.717) is 11.8 Å². The molecule has 0 aromatic heterocycles. The molecule has 0 bridgehead atoms. The van der Waals surface area contributed by atoms with Crippen molar-refractivity contribution in [3.8, 4) is 0 Å². The van der Waals surface area contributed by atoms with Crippen molar-refractivity contribution in [1.82, 2.24) is 0 Å². The van der Waals surface area contributed by atoms with E-state index in [1.54, 1.807) is 0 Å². The van der Waals surface area contributed by atoms with E-state index in [-0.39, 0.29) is 0 Å². The third kappa shape index (κ3) is 2.72. The predicted octanol–water partition coefficient (Wildman–Crippen LogP) is 6.42. The third-order valence-electron chi connectivity index (χ3n) is 5.80. The number of nitrogens with zero attached hydrogens (tertiary/aromatic N) is 1. The second-order valence-electron chi connectivity index (χ2n) is 7.05. The molecule has 0 saturated heterocycles. The summed E-state index contributed by atoms with van der Waals surface area (Å²) in [7, 11) is 2.19. The molecule has 0 radical (unpaired) electrons. The quantitative estimate of drug-likeness (QED) is 0.609. The minimum absolute atomic E-state index is 0.668. The Balaban J connectivity index is 0.000000814. The summed E-state index contributed by atoms with van der Waals surface area (Å²) in [6.45, 7) is 4.00. The lowest BCUT2D eigenvalue weighted by Crippen LogP contribution is -2.18. The Morgan fingerprint density at radius 3 is 2.42 bits per heavy atom. The lowest BCUT2D eigenvalue weighted by molar-refractivity contribution is 0.780. The Hall–Kier alpha value is -2.54. The summed E-state index contributed by atoms with van der Waals surface area (Å²) in [6, 6.07) is 19.6. The van der Waals surface area contributed by atoms with Crippen molar-refractivity contribution < 1.29 is 0 Å². The van der Waals surface area contributed by atoms with Gasteiger partial charge in [0.1, 0.15) is 0 Å². The van der Waals surface area contributed by atoms with E-state index in [0.717, 1.165) is 5.92 Å². The van der Waals surface area contributed by atoms with Crippen molar-refractivity contribution in [3.63, 3.8) is 0 Å². The summed E-state index contributed by atoms with van der Waals surface area (Å²) in [5.74, 6) is 2.13. The second-order valence-corrected chi connectivity index (χ2v) is 7.05. The number of benzene rings is 2. The molecule has 0 spiro atoms. The molecule has 2 aromatic carbocycles. The molecule has 0 heterocycles. The van der Waals surface area contributed by atoms with Gasteiger partial charge >= 0.3 is 0 Å². The van der Waals surface area contributed by atoms with Crippen LogP contribution in [-0.4, -0.2) is 7.05 Å². The molecule has 3 unspecified atom stereocenters. The zero-order chi connectivity index (χ0) is 18.1. The van der Waals surface area contributed by atoms with Gasteiger partial charge in [-0.1, -0.05) is 74.5 Å². The lowest BCUT2D eigenvalue weighted by Gasteiger charge is -2.25. The van der Waals surface area contributed by atoms with Gasteiger partial charge in [0.15, 0.2) is 0 Å². The number of likely N-dealkylation sites (N-methyl/N-ethyl adjacent to an activating group) is 1. The fraction of sp³-hybridized carbons (Fsp3) is 0.280. The van der Waals surface area contributed by atoms with Crippen molar-refractivity contribution >= 4 is 11.8 Å². The van der Waals surface area contributed by atoms with E-state index in [1.807, 2.05) is 13.8 Å². The highest BCUT2D eigenvalue weighted by atomic mass is 15.1. The zero-order valence-corrected chi connectivity index (χ0v) is 15.9. The van der Waals surface area contributed by atoms with Gasteiger partial charge in [0, 0.05) is 18.4 Å². The molecule has 5 rings (SSSR count). The molecule has 3 aliphatic carbocycles. The van der Waals surface area contributed by atoms with Crippen LogP contribution in [0.2, 0.25) is 0 Å². The molecule has 132 valence electrons. The molecular formula is C25H27N. The van der Waals surface area contributed by atoms with E-state index in [1.165, 1.54) is 34.5 Å². The molecule has 1 fully saturated rings. The van der Waals surface area contributed by atoms with Gasteiger partial charge in [-0.05, 0) is 59.1 Å². The molecule has 0 N–H and O–H groups in total. The first-order valence-corrected chi connectivity index (χ1v) is 9.81. The second kappa shape index (κ2) is 6.99. The van der Waals surface area contributed by atoms with Crippen LogP contribution in [0, 0.1) is 11.8 Å². The van der Waals surface area contributed by atoms with Gasteiger partial charge in [0.2, 0.25) is 0 Å². The average molecular weight is 341 g/mol. The monoisotopic (exact) mass is 341 g/mol. The number of fused-ring (bicyclic) bond motifs is 3. The summed E-state index contributed by atoms with van der Waals surface area (Å²) < 4.78 is 0. The smallest absolute Gasteiger partial charge is 0.0449 e. The number of hydrogen-bond acceptors (Lipinski definition) is 1. The molecule has 1 nitrogen and oxygen atoms in total. The average Bonchev–Trinajstić information content (AvgIpc) is 3.46. The van der Waals surface area contributed by atoms with Gasteiger partial charge < -0.3 is 4.90 Å². The topological polar surface area (TPSA) is 3.24 Å². The summed E-state index contributed by atoms with van der Waals surface area (Å²) >= 11 is 0. The van der Waals surface area contributed by atoms with Crippen molar-refractivity contribution in [3.05, 3.63) is 95.2 Å². The highest BCUT2D eigenvalue weighted by Gasteiger charge is 2.54. The SMILES string of the molecule is CC.CN(C1=Cc2ccccc2C2C3CC=CC=C1C32)c1ccccc1. The molecule has 26 heavy (non-hydrogen) atoms. The maximum Gasteiger partial charge on any atom is 0.0449 e. The Morgan fingerprint density at radius 1 is 0.885 bits per heavy atom. The maximum absolute atomic E-state index is 2.39. The van der Waals surface area contributed by atoms with Gasteiger partial charge in [-0.2, -0.15) is 0 Å². The van der Waals surface area contributed by atoms with E-state index >= 15 is 0 Å². The third-order valence-corrected chi connectivity index (χ3v) is 5.80. The number of rotatable bonds is 2. The Morgan fingerprint density at radius 2 is 1.62 bits per heavy atom. The van der Waals surface area contributed by atoms with Crippen LogP contribution in [0.5, 0.6) is 0 Å². The van der Waals surface area contributed by atoms with Crippen molar-refractivity contribution in [2.45, 2.75) is 26.2 Å². The zero-order valence-electron chi connectivity index (χ0n) is 15.9. The standard InChI is InChI=1S/C23H21N.C2H6/c1-24(17-10-3-2-4-11-17)21-15-16-9-5-6-12-18(16)22-20-14-8-7-13-19(21)23(20)22;1-2/h2-13,15,20,22-23H,14H2,1H3;1-2H3. The van der Waals surface area contributed by atoms with Crippen LogP contribution in [0.4, 0.5) is 5.69 Å². The predicted molar refractivity (Wildman–Crippen MR) is 112 cm³/mol. The summed E-state index contributed by atoms with van der Waals surface area (Å²) in [4.78, 5) is 2.35. The van der Waals surface area contributed by atoms with Crippen LogP contribution in [0.3, 0.4) is 0 Å². The van der Waals surface area contributed by atoms with Gasteiger partial charge in [0.05, 0.1) is 0 Å². The van der Waals surface area contributed by atoms with Crippen molar-refractivity contribution in [2.75, 3.05) is 11.9 Å². The number of hydrogen-bond donors (Lipinski definition) is 0. The summed E-state index contributed by atoms with van der Waals surface area (Å²) in [5, 5.41) is 0. The molecule has 3 aliphatic rings. The molecule has 3 atom stereocenters. The van der Waals surface area contributed by atoms with Crippen LogP contribution < -0.4 is 4.90 Å². The molecular weight excluding hydrogens is 314 g/mol. The van der Waals surface area contributed by atoms with Crippen LogP contribution in [0.25, 0.3) is 6.08 Å². The first kappa shape index (κ1) is 16.9. The van der Waals surface area contributed by atoms with Crippen molar-refractivity contribution in [1.29, 1.82) is 0 Å². The van der Waals surface area contributed by atoms with E-state index < -0.39 is 0 Å². The number of para-hydroxylation sites is 1. The van der Waals surface area contributed by atoms with E-state index in [2.05, 4.69) is 90.8 Å². The van der Waals surface area contributed by atoms with Crippen LogP contribution in [0.1, 0.15) is 37.3 Å². The Labute approximate surface area is 157 Å². The first-order chi connectivity index (χ1) is 12.8. The van der Waals surface area contributed by atoms with Gasteiger partial charge in [-0.25, -0.2) is 0 Å². The van der Waals surface area contributed by atoms with Gasteiger partial charge in [0.25, 0.3) is 0 Å². The molecule has 1 heteroatoms. The first-order valence-electron chi connectivity index (χ1n) is 9.81. The molecule has 0 aliphatic heterocycles. The van der Waals surface area contributed by atoms with Gasteiger partial charge in [-0.15, -0.1) is 0 Å². The normalized spacial score (nSPS) is 24.5. The Kier molecular flexibility index (Phi) is 4.55. The van der Waals surface area contributed by atoms with Crippen LogP contribution >= 0.6 is 0 Å². The lowest BCUT2D eigenvalue weighted by atomic mass is 10.0. The summed E-state index contributed by atoms with van der Waals surface area (Å²) in [6.07, 6.45) is 10.5. The number of anilines is 1. The molecule has 0 amide bonds. The fourth-order valence-electron chi connectivity index (χ4n) is 4.55. The Bertz CT molecular complexity index is 872. The van der Waals surface area contributed by atoms with E-state index in [4.69, 9.17) is 0 Å². The highest BCUT2D eigenvalue weighted by Crippen LogP contribution is 2.63. The highest BCUT2D eigenvalue weighted by molar-refractivity contribution is 5.73. The number of allylic oxidation sites excluding steroid dienone is 4. The van der Waals surface area contributed by atoms with Crippen molar-refractivity contribution in [2.24, 2.45) is 11.8 Å². The molecule has 2 aromatic rings.